The average molecular weight is 487 g/mol. The normalized spacial score (nSPS) is 11.8. The molecule has 0 unspecified atom stereocenters. The SMILES string of the molecule is Cc1c(C)c(C)c(S(=O)(=O)Nc2ccc(S(=O)(=O)NC(=O)c3ccccc3)cc2)c(C)c1C. The van der Waals surface area contributed by atoms with E-state index in [1.54, 1.807) is 32.0 Å². The third-order valence-corrected chi connectivity index (χ3v) is 8.88. The number of amides is 1. The number of benzene rings is 3. The number of nitrogens with one attached hydrogen (secondary N) is 2. The predicted octanol–water partition coefficient (Wildman–Crippen LogP) is 4.15. The van der Waals surface area contributed by atoms with Crippen molar-refractivity contribution >= 4 is 31.6 Å². The number of carbonyl (C=O) groups is 1. The fourth-order valence-corrected chi connectivity index (χ4v) is 6.24. The van der Waals surface area contributed by atoms with Crippen molar-refractivity contribution < 1.29 is 21.6 Å². The number of hydrogen-bond acceptors (Lipinski definition) is 5. The van der Waals surface area contributed by atoms with E-state index in [0.29, 0.717) is 11.1 Å². The Kier molecular flexibility index (Phi) is 6.67. The van der Waals surface area contributed by atoms with Gasteiger partial charge in [-0.05, 0) is 98.8 Å². The van der Waals surface area contributed by atoms with Crippen LogP contribution in [-0.4, -0.2) is 22.7 Å². The van der Waals surface area contributed by atoms with E-state index in [1.165, 1.54) is 36.4 Å². The van der Waals surface area contributed by atoms with Gasteiger partial charge in [0.05, 0.1) is 9.79 Å². The minimum absolute atomic E-state index is 0.163. The molecule has 3 aromatic rings. The van der Waals surface area contributed by atoms with Crippen LogP contribution in [0.25, 0.3) is 0 Å². The molecule has 33 heavy (non-hydrogen) atoms. The van der Waals surface area contributed by atoms with Gasteiger partial charge in [0, 0.05) is 11.3 Å². The lowest BCUT2D eigenvalue weighted by Crippen LogP contribution is -2.30. The maximum Gasteiger partial charge on any atom is 0.264 e. The van der Waals surface area contributed by atoms with Gasteiger partial charge >= 0.3 is 0 Å². The topological polar surface area (TPSA) is 109 Å². The molecule has 174 valence electrons. The smallest absolute Gasteiger partial charge is 0.264 e. The van der Waals surface area contributed by atoms with Crippen molar-refractivity contribution in [1.29, 1.82) is 0 Å². The minimum Gasteiger partial charge on any atom is -0.280 e. The molecule has 7 nitrogen and oxygen atoms in total. The van der Waals surface area contributed by atoms with Crippen LogP contribution in [0.4, 0.5) is 5.69 Å². The van der Waals surface area contributed by atoms with Crippen LogP contribution in [0.15, 0.2) is 64.4 Å². The molecule has 0 radical (unpaired) electrons. The summed E-state index contributed by atoms with van der Waals surface area (Å²) in [5.74, 6) is -0.753. The van der Waals surface area contributed by atoms with Crippen LogP contribution in [0.3, 0.4) is 0 Å². The number of anilines is 1. The third-order valence-electron chi connectivity index (χ3n) is 5.88. The van der Waals surface area contributed by atoms with Gasteiger partial charge in [-0.15, -0.1) is 0 Å². The molecule has 1 amide bonds. The summed E-state index contributed by atoms with van der Waals surface area (Å²) in [6.45, 7) is 9.28. The van der Waals surface area contributed by atoms with Crippen molar-refractivity contribution in [2.75, 3.05) is 4.72 Å². The predicted molar refractivity (Wildman–Crippen MR) is 128 cm³/mol. The second-order valence-electron chi connectivity index (χ2n) is 7.88. The lowest BCUT2D eigenvalue weighted by atomic mass is 9.95. The maximum absolute atomic E-state index is 13.2. The van der Waals surface area contributed by atoms with Crippen LogP contribution in [0, 0.1) is 34.6 Å². The Morgan fingerprint density at radius 3 is 1.64 bits per heavy atom. The van der Waals surface area contributed by atoms with E-state index in [4.69, 9.17) is 0 Å². The maximum atomic E-state index is 13.2. The van der Waals surface area contributed by atoms with E-state index in [9.17, 15) is 21.6 Å². The van der Waals surface area contributed by atoms with E-state index in [2.05, 4.69) is 4.72 Å². The highest BCUT2D eigenvalue weighted by Gasteiger charge is 2.24. The van der Waals surface area contributed by atoms with Gasteiger partial charge < -0.3 is 0 Å². The summed E-state index contributed by atoms with van der Waals surface area (Å²) in [4.78, 5) is 12.3. The van der Waals surface area contributed by atoms with Crippen molar-refractivity contribution in [2.45, 2.75) is 44.4 Å². The molecular weight excluding hydrogens is 460 g/mol. The Morgan fingerprint density at radius 2 is 1.12 bits per heavy atom. The second kappa shape index (κ2) is 8.99. The van der Waals surface area contributed by atoms with Crippen LogP contribution < -0.4 is 9.44 Å². The summed E-state index contributed by atoms with van der Waals surface area (Å²) in [7, 11) is -8.04. The average Bonchev–Trinajstić information content (AvgIpc) is 2.76. The molecule has 0 saturated heterocycles. The Balaban J connectivity index is 1.86. The fraction of sp³-hybridized carbons (Fsp3) is 0.208. The minimum atomic E-state index is -4.13. The summed E-state index contributed by atoms with van der Waals surface area (Å²) in [5, 5.41) is 0. The zero-order valence-corrected chi connectivity index (χ0v) is 20.7. The molecule has 3 rings (SSSR count). The van der Waals surface area contributed by atoms with Gasteiger partial charge in [0.2, 0.25) is 0 Å². The van der Waals surface area contributed by atoms with Crippen LogP contribution >= 0.6 is 0 Å². The number of hydrogen-bond donors (Lipinski definition) is 2. The molecule has 0 aliphatic rings. The molecule has 3 aromatic carbocycles. The van der Waals surface area contributed by atoms with Crippen molar-refractivity contribution in [3.8, 4) is 0 Å². The van der Waals surface area contributed by atoms with Crippen molar-refractivity contribution in [2.24, 2.45) is 0 Å². The summed E-state index contributed by atoms with van der Waals surface area (Å²) < 4.78 is 56.0. The molecule has 0 aromatic heterocycles. The Bertz CT molecular complexity index is 1400. The molecule has 0 saturated carbocycles. The highest BCUT2D eigenvalue weighted by Crippen LogP contribution is 2.31. The monoisotopic (exact) mass is 486 g/mol. The lowest BCUT2D eigenvalue weighted by molar-refractivity contribution is 0.0981. The number of rotatable bonds is 6. The quantitative estimate of drug-likeness (QED) is 0.544. The molecule has 0 fully saturated rings. The van der Waals surface area contributed by atoms with Gasteiger partial charge in [0.25, 0.3) is 26.0 Å². The first-order valence-electron chi connectivity index (χ1n) is 10.2. The molecule has 9 heteroatoms. The lowest BCUT2D eigenvalue weighted by Gasteiger charge is -2.19. The van der Waals surface area contributed by atoms with Gasteiger partial charge in [0.15, 0.2) is 0 Å². The highest BCUT2D eigenvalue weighted by molar-refractivity contribution is 7.92. The Morgan fingerprint density at radius 1 is 0.636 bits per heavy atom. The molecule has 0 bridgehead atoms. The third kappa shape index (κ3) is 4.94. The van der Waals surface area contributed by atoms with Crippen molar-refractivity contribution in [3.05, 3.63) is 88.0 Å². The van der Waals surface area contributed by atoms with E-state index in [0.717, 1.165) is 16.7 Å². The summed E-state index contributed by atoms with van der Waals surface area (Å²) >= 11 is 0. The summed E-state index contributed by atoms with van der Waals surface area (Å²) in [6.07, 6.45) is 0. The summed E-state index contributed by atoms with van der Waals surface area (Å²) in [5.41, 5.74) is 4.63. The number of carbonyl (C=O) groups excluding carboxylic acids is 1. The second-order valence-corrected chi connectivity index (χ2v) is 11.2. The zero-order valence-electron chi connectivity index (χ0n) is 19.1. The van der Waals surface area contributed by atoms with Crippen LogP contribution in [0.5, 0.6) is 0 Å². The molecule has 0 heterocycles. The summed E-state index contributed by atoms with van der Waals surface area (Å²) in [6, 6.07) is 13.1. The molecule has 2 N–H and O–H groups in total. The van der Waals surface area contributed by atoms with E-state index >= 15 is 0 Å². The molecule has 0 aliphatic heterocycles. The van der Waals surface area contributed by atoms with Gasteiger partial charge in [-0.3, -0.25) is 9.52 Å². The van der Waals surface area contributed by atoms with Crippen molar-refractivity contribution in [3.63, 3.8) is 0 Å². The molecule has 0 atom stereocenters. The zero-order chi connectivity index (χ0) is 24.6. The largest absolute Gasteiger partial charge is 0.280 e. The molecule has 0 spiro atoms. The molecule has 0 aliphatic carbocycles. The first-order valence-corrected chi connectivity index (χ1v) is 13.1. The molecular formula is C24H26N2O5S2. The van der Waals surface area contributed by atoms with Crippen molar-refractivity contribution in [1.82, 2.24) is 4.72 Å². The van der Waals surface area contributed by atoms with Gasteiger partial charge in [-0.1, -0.05) is 18.2 Å². The van der Waals surface area contributed by atoms with Gasteiger partial charge in [-0.25, -0.2) is 21.6 Å². The first-order chi connectivity index (χ1) is 15.3. The van der Waals surface area contributed by atoms with Crippen LogP contribution in [0.1, 0.15) is 38.2 Å². The Hall–Kier alpha value is -3.17. The van der Waals surface area contributed by atoms with Crippen LogP contribution in [0.2, 0.25) is 0 Å². The van der Waals surface area contributed by atoms with E-state index in [1.807, 2.05) is 25.5 Å². The first kappa shape index (κ1) is 24.5. The van der Waals surface area contributed by atoms with E-state index < -0.39 is 26.0 Å². The number of sulfonamides is 2. The van der Waals surface area contributed by atoms with Gasteiger partial charge in [-0.2, -0.15) is 0 Å². The van der Waals surface area contributed by atoms with E-state index in [-0.39, 0.29) is 21.0 Å². The highest BCUT2D eigenvalue weighted by atomic mass is 32.2. The van der Waals surface area contributed by atoms with Crippen LogP contribution in [-0.2, 0) is 20.0 Å². The Labute approximate surface area is 195 Å². The fourth-order valence-electron chi connectivity index (χ4n) is 3.61. The van der Waals surface area contributed by atoms with Gasteiger partial charge in [0.1, 0.15) is 0 Å². The standard InChI is InChI=1S/C24H26N2O5S2/c1-15-16(2)18(4)23(19(5)17(15)3)33(30,31)25-21-11-13-22(14-12-21)32(28,29)26-24(27)20-9-7-6-8-10-20/h6-14,25H,1-5H3,(H,26,27).